The maximum absolute atomic E-state index is 13.8. The van der Waals surface area contributed by atoms with E-state index in [1.54, 1.807) is 0 Å². The smallest absolute Gasteiger partial charge is 0.126 e. The predicted molar refractivity (Wildman–Crippen MR) is 72.0 cm³/mol. The average molecular weight is 265 g/mol. The van der Waals surface area contributed by atoms with Crippen LogP contribution < -0.4 is 5.32 Å². The van der Waals surface area contributed by atoms with Gasteiger partial charge in [-0.2, -0.15) is 0 Å². The quantitative estimate of drug-likeness (QED) is 0.853. The van der Waals surface area contributed by atoms with Crippen molar-refractivity contribution in [2.75, 3.05) is 6.54 Å². The van der Waals surface area contributed by atoms with Crippen molar-refractivity contribution >= 4 is 0 Å². The van der Waals surface area contributed by atoms with Crippen molar-refractivity contribution in [2.45, 2.75) is 51.0 Å². The van der Waals surface area contributed by atoms with Crippen molar-refractivity contribution in [2.24, 2.45) is 5.41 Å². The fraction of sp³-hybridized carbons (Fsp3) is 0.625. The molecule has 1 aromatic rings. The minimum absolute atomic E-state index is 0.136. The van der Waals surface area contributed by atoms with Crippen LogP contribution in [-0.4, -0.2) is 12.6 Å². The Bertz CT molecular complexity index is 448. The molecule has 0 aromatic heterocycles. The predicted octanol–water partition coefficient (Wildman–Crippen LogP) is 3.82. The number of rotatable bonds is 5. The first kappa shape index (κ1) is 13.0. The lowest BCUT2D eigenvalue weighted by Crippen LogP contribution is -2.35. The summed E-state index contributed by atoms with van der Waals surface area (Å²) >= 11 is 0. The first-order chi connectivity index (χ1) is 9.17. The van der Waals surface area contributed by atoms with E-state index in [-0.39, 0.29) is 17.0 Å². The van der Waals surface area contributed by atoms with Gasteiger partial charge in [0.25, 0.3) is 0 Å². The van der Waals surface area contributed by atoms with Crippen LogP contribution in [-0.2, 0) is 6.42 Å². The summed E-state index contributed by atoms with van der Waals surface area (Å²) in [5.41, 5.74) is 0.677. The van der Waals surface area contributed by atoms with Crippen molar-refractivity contribution in [1.82, 2.24) is 5.32 Å². The van der Waals surface area contributed by atoms with Gasteiger partial charge in [0.15, 0.2) is 0 Å². The SMILES string of the molecule is Fc1ccc(F)c(CC2(CNC3CC3)CCCC2)c1. The Morgan fingerprint density at radius 1 is 1.16 bits per heavy atom. The standard InChI is InChI=1S/C16H21F2N/c17-13-3-6-15(18)12(9-13)10-16(7-1-2-8-16)11-19-14-4-5-14/h3,6,9,14,19H,1-2,4-5,7-8,10-11H2. The first-order valence-electron chi connectivity index (χ1n) is 7.34. The molecule has 0 aliphatic heterocycles. The molecule has 0 unspecified atom stereocenters. The molecule has 0 heterocycles. The Kier molecular flexibility index (Phi) is 3.57. The molecule has 1 nitrogen and oxygen atoms in total. The second-order valence-corrected chi connectivity index (χ2v) is 6.27. The summed E-state index contributed by atoms with van der Waals surface area (Å²) in [5, 5.41) is 3.58. The van der Waals surface area contributed by atoms with Gasteiger partial charge in [-0.3, -0.25) is 0 Å². The summed E-state index contributed by atoms with van der Waals surface area (Å²) in [6, 6.07) is 4.49. The van der Waals surface area contributed by atoms with Crippen molar-refractivity contribution in [3.05, 3.63) is 35.4 Å². The van der Waals surface area contributed by atoms with Crippen molar-refractivity contribution in [3.8, 4) is 0 Å². The summed E-state index contributed by atoms with van der Waals surface area (Å²) < 4.78 is 27.1. The Morgan fingerprint density at radius 2 is 1.89 bits per heavy atom. The summed E-state index contributed by atoms with van der Waals surface area (Å²) in [7, 11) is 0. The van der Waals surface area contributed by atoms with Crippen LogP contribution in [0.2, 0.25) is 0 Å². The lowest BCUT2D eigenvalue weighted by atomic mass is 9.79. The number of nitrogens with one attached hydrogen (secondary N) is 1. The van der Waals surface area contributed by atoms with E-state index >= 15 is 0 Å². The molecule has 2 saturated carbocycles. The van der Waals surface area contributed by atoms with Gasteiger partial charge in [-0.05, 0) is 61.3 Å². The summed E-state index contributed by atoms with van der Waals surface area (Å²) in [6.07, 6.45) is 7.88. The van der Waals surface area contributed by atoms with Gasteiger partial charge in [0.2, 0.25) is 0 Å². The molecule has 0 bridgehead atoms. The monoisotopic (exact) mass is 265 g/mol. The van der Waals surface area contributed by atoms with E-state index in [4.69, 9.17) is 0 Å². The molecule has 3 heteroatoms. The van der Waals surface area contributed by atoms with Gasteiger partial charge < -0.3 is 5.32 Å². The van der Waals surface area contributed by atoms with Crippen LogP contribution >= 0.6 is 0 Å². The zero-order chi connectivity index (χ0) is 13.3. The topological polar surface area (TPSA) is 12.0 Å². The third-order valence-corrected chi connectivity index (χ3v) is 4.58. The summed E-state index contributed by atoms with van der Waals surface area (Å²) in [5.74, 6) is -0.598. The molecule has 1 aromatic carbocycles. The van der Waals surface area contributed by atoms with Gasteiger partial charge in [-0.15, -0.1) is 0 Å². The molecule has 3 rings (SSSR count). The average Bonchev–Trinajstić information content (AvgIpc) is 3.12. The van der Waals surface area contributed by atoms with Gasteiger partial charge in [-0.25, -0.2) is 8.78 Å². The molecular weight excluding hydrogens is 244 g/mol. The number of hydrogen-bond donors (Lipinski definition) is 1. The van der Waals surface area contributed by atoms with E-state index in [2.05, 4.69) is 5.32 Å². The van der Waals surface area contributed by atoms with Crippen LogP contribution in [0.3, 0.4) is 0 Å². The molecule has 0 amide bonds. The van der Waals surface area contributed by atoms with Gasteiger partial charge in [0.05, 0.1) is 0 Å². The minimum atomic E-state index is -0.334. The number of benzene rings is 1. The molecule has 104 valence electrons. The van der Waals surface area contributed by atoms with Crippen LogP contribution in [0, 0.1) is 17.0 Å². The van der Waals surface area contributed by atoms with Crippen molar-refractivity contribution in [3.63, 3.8) is 0 Å². The van der Waals surface area contributed by atoms with Gasteiger partial charge in [0.1, 0.15) is 11.6 Å². The van der Waals surface area contributed by atoms with Crippen LogP contribution in [0.1, 0.15) is 44.1 Å². The normalized spacial score (nSPS) is 21.8. The van der Waals surface area contributed by atoms with Crippen molar-refractivity contribution < 1.29 is 8.78 Å². The highest BCUT2D eigenvalue weighted by Crippen LogP contribution is 2.41. The lowest BCUT2D eigenvalue weighted by Gasteiger charge is -2.30. The van der Waals surface area contributed by atoms with E-state index in [1.165, 1.54) is 43.9 Å². The van der Waals surface area contributed by atoms with Gasteiger partial charge >= 0.3 is 0 Å². The molecule has 2 aliphatic rings. The van der Waals surface area contributed by atoms with Crippen LogP contribution in [0.4, 0.5) is 8.78 Å². The maximum atomic E-state index is 13.8. The highest BCUT2D eigenvalue weighted by molar-refractivity contribution is 5.21. The third kappa shape index (κ3) is 3.14. The third-order valence-electron chi connectivity index (χ3n) is 4.58. The molecule has 0 atom stereocenters. The maximum Gasteiger partial charge on any atom is 0.126 e. The Morgan fingerprint density at radius 3 is 2.58 bits per heavy atom. The lowest BCUT2D eigenvalue weighted by molar-refractivity contribution is 0.273. The largest absolute Gasteiger partial charge is 0.313 e. The van der Waals surface area contributed by atoms with Gasteiger partial charge in [0, 0.05) is 12.6 Å². The van der Waals surface area contributed by atoms with Crippen LogP contribution in [0.25, 0.3) is 0 Å². The second-order valence-electron chi connectivity index (χ2n) is 6.27. The van der Waals surface area contributed by atoms with Crippen LogP contribution in [0.5, 0.6) is 0 Å². The first-order valence-corrected chi connectivity index (χ1v) is 7.34. The van der Waals surface area contributed by atoms with E-state index in [1.807, 2.05) is 0 Å². The van der Waals surface area contributed by atoms with Gasteiger partial charge in [-0.1, -0.05) is 12.8 Å². The molecule has 2 fully saturated rings. The fourth-order valence-electron chi connectivity index (χ4n) is 3.27. The fourth-order valence-corrected chi connectivity index (χ4v) is 3.27. The van der Waals surface area contributed by atoms with E-state index < -0.39 is 0 Å². The number of hydrogen-bond acceptors (Lipinski definition) is 1. The Balaban J connectivity index is 1.74. The Hall–Kier alpha value is -0.960. The summed E-state index contributed by atoms with van der Waals surface area (Å²) in [4.78, 5) is 0. The molecule has 2 aliphatic carbocycles. The van der Waals surface area contributed by atoms with E-state index in [0.717, 1.165) is 19.4 Å². The molecule has 0 radical (unpaired) electrons. The summed E-state index contributed by atoms with van der Waals surface area (Å²) in [6.45, 7) is 0.952. The highest BCUT2D eigenvalue weighted by Gasteiger charge is 2.36. The molecule has 0 saturated heterocycles. The second kappa shape index (κ2) is 5.20. The molecule has 19 heavy (non-hydrogen) atoms. The minimum Gasteiger partial charge on any atom is -0.313 e. The molecular formula is C16H21F2N. The molecule has 0 spiro atoms. The van der Waals surface area contributed by atoms with E-state index in [0.29, 0.717) is 18.0 Å². The number of halogens is 2. The van der Waals surface area contributed by atoms with Crippen LogP contribution in [0.15, 0.2) is 18.2 Å². The Labute approximate surface area is 113 Å². The zero-order valence-electron chi connectivity index (χ0n) is 11.2. The van der Waals surface area contributed by atoms with Crippen molar-refractivity contribution in [1.29, 1.82) is 0 Å². The highest BCUT2D eigenvalue weighted by atomic mass is 19.1. The molecule has 1 N–H and O–H groups in total. The zero-order valence-corrected chi connectivity index (χ0v) is 11.2. The van der Waals surface area contributed by atoms with E-state index in [9.17, 15) is 8.78 Å².